The number of nitriles is 1. The molecule has 16 heavy (non-hydrogen) atoms. The summed E-state index contributed by atoms with van der Waals surface area (Å²) in [6.07, 6.45) is -0.240. The number of hydrogen-bond acceptors (Lipinski definition) is 3. The molecule has 1 aliphatic heterocycles. The van der Waals surface area contributed by atoms with E-state index in [4.69, 9.17) is 5.26 Å². The van der Waals surface area contributed by atoms with Gasteiger partial charge in [-0.3, -0.25) is 0 Å². The van der Waals surface area contributed by atoms with Crippen molar-refractivity contribution < 1.29 is 5.11 Å². The fourth-order valence-corrected chi connectivity index (χ4v) is 1.93. The zero-order valence-corrected chi connectivity index (χ0v) is 9.64. The lowest BCUT2D eigenvalue weighted by Gasteiger charge is -2.38. The summed E-state index contributed by atoms with van der Waals surface area (Å²) in [7, 11) is 0. The highest BCUT2D eigenvalue weighted by atomic mass is 16.3. The maximum absolute atomic E-state index is 9.26. The molecule has 0 saturated carbocycles. The molecule has 0 radical (unpaired) electrons. The molecule has 0 spiro atoms. The second-order valence-corrected chi connectivity index (χ2v) is 4.60. The minimum absolute atomic E-state index is 0.240. The number of benzene rings is 1. The highest BCUT2D eigenvalue weighted by molar-refractivity contribution is 5.62. The maximum Gasteiger partial charge on any atom is 0.101 e. The van der Waals surface area contributed by atoms with E-state index in [-0.39, 0.29) is 6.10 Å². The normalized spacial score (nSPS) is 16.1. The number of aliphatic hydroxyl groups is 1. The van der Waals surface area contributed by atoms with Crippen molar-refractivity contribution in [2.45, 2.75) is 25.9 Å². The van der Waals surface area contributed by atoms with Crippen LogP contribution in [0.3, 0.4) is 0 Å². The van der Waals surface area contributed by atoms with Gasteiger partial charge in [0.05, 0.1) is 17.4 Å². The predicted octanol–water partition coefficient (Wildman–Crippen LogP) is 1.86. The molecule has 1 aromatic rings. The average molecular weight is 216 g/mol. The van der Waals surface area contributed by atoms with Gasteiger partial charge in [-0.05, 0) is 23.6 Å². The van der Waals surface area contributed by atoms with Gasteiger partial charge in [0.2, 0.25) is 0 Å². The van der Waals surface area contributed by atoms with E-state index in [0.29, 0.717) is 24.6 Å². The van der Waals surface area contributed by atoms with Crippen molar-refractivity contribution in [2.24, 2.45) is 0 Å². The van der Waals surface area contributed by atoms with Crippen molar-refractivity contribution in [3.63, 3.8) is 0 Å². The van der Waals surface area contributed by atoms with Crippen molar-refractivity contribution in [2.75, 3.05) is 18.0 Å². The molecule has 1 fully saturated rings. The van der Waals surface area contributed by atoms with Crippen molar-refractivity contribution >= 4 is 5.69 Å². The standard InChI is InChI=1S/C13H16N2O/c1-9(2)10-3-4-13(11(5-10)6-14)15-7-12(16)8-15/h3-5,9,12,16H,7-8H2,1-2H3. The van der Waals surface area contributed by atoms with Crippen LogP contribution in [0.15, 0.2) is 18.2 Å². The third-order valence-electron chi connectivity index (χ3n) is 3.01. The molecule has 3 heteroatoms. The Morgan fingerprint density at radius 3 is 2.62 bits per heavy atom. The third kappa shape index (κ3) is 1.89. The Hall–Kier alpha value is -1.53. The SMILES string of the molecule is CC(C)c1ccc(N2CC(O)C2)c(C#N)c1. The average Bonchev–Trinajstić information content (AvgIpc) is 2.24. The Kier molecular flexibility index (Phi) is 2.84. The van der Waals surface area contributed by atoms with Crippen LogP contribution < -0.4 is 4.90 Å². The Morgan fingerprint density at radius 1 is 1.44 bits per heavy atom. The Bertz CT molecular complexity index is 428. The summed E-state index contributed by atoms with van der Waals surface area (Å²) in [4.78, 5) is 2.04. The quantitative estimate of drug-likeness (QED) is 0.820. The van der Waals surface area contributed by atoms with E-state index in [2.05, 4.69) is 26.0 Å². The monoisotopic (exact) mass is 216 g/mol. The third-order valence-corrected chi connectivity index (χ3v) is 3.01. The molecule has 0 unspecified atom stereocenters. The molecule has 3 nitrogen and oxygen atoms in total. The minimum Gasteiger partial charge on any atom is -0.389 e. The topological polar surface area (TPSA) is 47.3 Å². The van der Waals surface area contributed by atoms with Gasteiger partial charge in [-0.25, -0.2) is 0 Å². The van der Waals surface area contributed by atoms with Crippen LogP contribution in [0.25, 0.3) is 0 Å². The predicted molar refractivity (Wildman–Crippen MR) is 63.5 cm³/mol. The summed E-state index contributed by atoms with van der Waals surface area (Å²) in [5.74, 6) is 0.433. The minimum atomic E-state index is -0.240. The lowest BCUT2D eigenvalue weighted by molar-refractivity contribution is 0.142. The van der Waals surface area contributed by atoms with Gasteiger partial charge >= 0.3 is 0 Å². The summed E-state index contributed by atoms with van der Waals surface area (Å²) < 4.78 is 0. The second kappa shape index (κ2) is 4.15. The molecule has 1 N–H and O–H groups in total. The van der Waals surface area contributed by atoms with Crippen LogP contribution >= 0.6 is 0 Å². The highest BCUT2D eigenvalue weighted by Gasteiger charge is 2.26. The zero-order chi connectivity index (χ0) is 11.7. The van der Waals surface area contributed by atoms with Crippen LogP contribution in [0, 0.1) is 11.3 Å². The maximum atomic E-state index is 9.26. The molecule has 0 amide bonds. The number of rotatable bonds is 2. The summed E-state index contributed by atoms with van der Waals surface area (Å²) in [5, 5.41) is 18.4. The first-order valence-electron chi connectivity index (χ1n) is 5.59. The second-order valence-electron chi connectivity index (χ2n) is 4.60. The lowest BCUT2D eigenvalue weighted by Crippen LogP contribution is -2.51. The van der Waals surface area contributed by atoms with E-state index in [9.17, 15) is 5.11 Å². The first-order chi connectivity index (χ1) is 7.61. The summed E-state index contributed by atoms with van der Waals surface area (Å²) in [5.41, 5.74) is 2.83. The van der Waals surface area contributed by atoms with E-state index in [0.717, 1.165) is 5.69 Å². The Labute approximate surface area is 95.9 Å². The van der Waals surface area contributed by atoms with Crippen LogP contribution in [0.2, 0.25) is 0 Å². The number of hydrogen-bond donors (Lipinski definition) is 1. The molecule has 84 valence electrons. The first-order valence-corrected chi connectivity index (χ1v) is 5.59. The molecule has 0 atom stereocenters. The van der Waals surface area contributed by atoms with Gasteiger partial charge in [0.25, 0.3) is 0 Å². The Balaban J connectivity index is 2.29. The number of β-amino-alcohol motifs (C(OH)–C–C–N with tert-alkyl or cyclic N) is 1. The molecule has 0 aromatic heterocycles. The van der Waals surface area contributed by atoms with Crippen molar-refractivity contribution in [3.05, 3.63) is 29.3 Å². The van der Waals surface area contributed by atoms with Crippen LogP contribution in [0.5, 0.6) is 0 Å². The fourth-order valence-electron chi connectivity index (χ4n) is 1.93. The van der Waals surface area contributed by atoms with Crippen molar-refractivity contribution in [1.29, 1.82) is 5.26 Å². The number of nitrogens with zero attached hydrogens (tertiary/aromatic N) is 2. The highest BCUT2D eigenvalue weighted by Crippen LogP contribution is 2.28. The molecular weight excluding hydrogens is 200 g/mol. The van der Waals surface area contributed by atoms with Gasteiger partial charge in [-0.2, -0.15) is 5.26 Å². The van der Waals surface area contributed by atoms with Gasteiger partial charge < -0.3 is 10.0 Å². The molecule has 1 aliphatic rings. The van der Waals surface area contributed by atoms with Crippen LogP contribution in [-0.4, -0.2) is 24.3 Å². The van der Waals surface area contributed by atoms with Gasteiger partial charge in [-0.1, -0.05) is 19.9 Å². The summed E-state index contributed by atoms with van der Waals surface area (Å²) in [6, 6.07) is 8.23. The van der Waals surface area contributed by atoms with Crippen LogP contribution in [-0.2, 0) is 0 Å². The number of aliphatic hydroxyl groups excluding tert-OH is 1. The smallest absolute Gasteiger partial charge is 0.101 e. The first kappa shape index (κ1) is 11.0. The Morgan fingerprint density at radius 2 is 2.12 bits per heavy atom. The van der Waals surface area contributed by atoms with E-state index in [1.165, 1.54) is 5.56 Å². The zero-order valence-electron chi connectivity index (χ0n) is 9.64. The molecule has 2 rings (SSSR count). The molecule has 0 aliphatic carbocycles. The molecule has 0 bridgehead atoms. The van der Waals surface area contributed by atoms with Gasteiger partial charge in [0.1, 0.15) is 6.07 Å². The summed E-state index contributed by atoms with van der Waals surface area (Å²) in [6.45, 7) is 5.50. The molecule has 1 aromatic carbocycles. The fraction of sp³-hybridized carbons (Fsp3) is 0.462. The van der Waals surface area contributed by atoms with Crippen LogP contribution in [0.4, 0.5) is 5.69 Å². The molecular formula is C13H16N2O. The lowest BCUT2D eigenvalue weighted by atomic mass is 9.98. The van der Waals surface area contributed by atoms with Crippen molar-refractivity contribution in [3.8, 4) is 6.07 Å². The van der Waals surface area contributed by atoms with Gasteiger partial charge in [0, 0.05) is 13.1 Å². The van der Waals surface area contributed by atoms with E-state index < -0.39 is 0 Å². The van der Waals surface area contributed by atoms with Gasteiger partial charge in [-0.15, -0.1) is 0 Å². The van der Waals surface area contributed by atoms with E-state index >= 15 is 0 Å². The molecule has 1 heterocycles. The van der Waals surface area contributed by atoms with Crippen LogP contribution in [0.1, 0.15) is 30.9 Å². The van der Waals surface area contributed by atoms with E-state index in [1.54, 1.807) is 0 Å². The molecule has 1 saturated heterocycles. The van der Waals surface area contributed by atoms with Crippen molar-refractivity contribution in [1.82, 2.24) is 0 Å². The number of anilines is 1. The summed E-state index contributed by atoms with van der Waals surface area (Å²) >= 11 is 0. The largest absolute Gasteiger partial charge is 0.389 e. The van der Waals surface area contributed by atoms with Gasteiger partial charge in [0.15, 0.2) is 0 Å². The van der Waals surface area contributed by atoms with E-state index in [1.807, 2.05) is 17.0 Å².